The van der Waals surface area contributed by atoms with E-state index in [0.717, 1.165) is 0 Å². The lowest BCUT2D eigenvalue weighted by Gasteiger charge is -2.25. The topological polar surface area (TPSA) is 43.4 Å². The van der Waals surface area contributed by atoms with Gasteiger partial charge in [0.2, 0.25) is 0 Å². The molecule has 0 N–H and O–H groups in total. The van der Waals surface area contributed by atoms with Gasteiger partial charge in [-0.2, -0.15) is 0 Å². The van der Waals surface area contributed by atoms with Crippen molar-refractivity contribution in [3.05, 3.63) is 35.4 Å². The van der Waals surface area contributed by atoms with Crippen molar-refractivity contribution in [3.8, 4) is 0 Å². The number of esters is 1. The largest absolute Gasteiger partial charge is 0.465 e. The number of Topliss-reactive ketones (excluding diaryl/α,β-unsaturated/α-hetero) is 1. The zero-order valence-corrected chi connectivity index (χ0v) is 13.0. The molecule has 0 amide bonds. The van der Waals surface area contributed by atoms with E-state index in [0.29, 0.717) is 36.5 Å². The summed E-state index contributed by atoms with van der Waals surface area (Å²) in [5, 5.41) is 0. The van der Waals surface area contributed by atoms with Crippen molar-refractivity contribution in [1.82, 2.24) is 0 Å². The number of halogens is 1. The molecule has 0 radical (unpaired) electrons. The molecule has 0 atom stereocenters. The molecule has 0 aliphatic carbocycles. The SMILES string of the molecule is CCOC(=O)C(C)(C)c1ccccc1C(=O)CCCCl. The van der Waals surface area contributed by atoms with Crippen LogP contribution in [0.4, 0.5) is 0 Å². The summed E-state index contributed by atoms with van der Waals surface area (Å²) in [6.45, 7) is 5.65. The summed E-state index contributed by atoms with van der Waals surface area (Å²) in [6, 6.07) is 7.20. The molecule has 0 saturated carbocycles. The first kappa shape index (κ1) is 16.7. The molecule has 0 aromatic heterocycles. The van der Waals surface area contributed by atoms with Crippen LogP contribution in [0.25, 0.3) is 0 Å². The van der Waals surface area contributed by atoms with Crippen molar-refractivity contribution in [2.24, 2.45) is 0 Å². The number of ketones is 1. The number of alkyl halides is 1. The van der Waals surface area contributed by atoms with Crippen LogP contribution in [-0.2, 0) is 14.9 Å². The summed E-state index contributed by atoms with van der Waals surface area (Å²) in [6.07, 6.45) is 1.02. The van der Waals surface area contributed by atoms with Crippen LogP contribution in [0.5, 0.6) is 0 Å². The Hall–Kier alpha value is -1.35. The van der Waals surface area contributed by atoms with E-state index in [1.807, 2.05) is 12.1 Å². The van der Waals surface area contributed by atoms with Gasteiger partial charge in [0.15, 0.2) is 5.78 Å². The van der Waals surface area contributed by atoms with Crippen molar-refractivity contribution in [2.45, 2.75) is 39.0 Å². The average molecular weight is 297 g/mol. The van der Waals surface area contributed by atoms with Gasteiger partial charge in [-0.1, -0.05) is 24.3 Å². The Labute approximate surface area is 125 Å². The minimum atomic E-state index is -0.844. The van der Waals surface area contributed by atoms with E-state index in [2.05, 4.69) is 0 Å². The number of ether oxygens (including phenoxy) is 1. The lowest BCUT2D eigenvalue weighted by Crippen LogP contribution is -2.32. The fourth-order valence-electron chi connectivity index (χ4n) is 2.05. The third-order valence-electron chi connectivity index (χ3n) is 3.22. The van der Waals surface area contributed by atoms with E-state index in [-0.39, 0.29) is 11.8 Å². The zero-order chi connectivity index (χ0) is 15.2. The van der Waals surface area contributed by atoms with Crippen molar-refractivity contribution in [2.75, 3.05) is 12.5 Å². The second-order valence-electron chi connectivity index (χ2n) is 5.11. The third kappa shape index (κ3) is 3.83. The number of carbonyl (C=O) groups is 2. The maximum Gasteiger partial charge on any atom is 0.315 e. The van der Waals surface area contributed by atoms with Crippen molar-refractivity contribution >= 4 is 23.4 Å². The van der Waals surface area contributed by atoms with Crippen LogP contribution in [0.1, 0.15) is 49.5 Å². The number of benzene rings is 1. The molecular formula is C16H21ClO3. The van der Waals surface area contributed by atoms with Gasteiger partial charge in [-0.15, -0.1) is 11.6 Å². The molecule has 4 heteroatoms. The summed E-state index contributed by atoms with van der Waals surface area (Å²) in [5.74, 6) is 0.144. The smallest absolute Gasteiger partial charge is 0.315 e. The lowest BCUT2D eigenvalue weighted by molar-refractivity contribution is -0.148. The lowest BCUT2D eigenvalue weighted by atomic mass is 9.80. The Morgan fingerprint density at radius 3 is 2.50 bits per heavy atom. The Bertz CT molecular complexity index is 480. The molecule has 0 aliphatic heterocycles. The third-order valence-corrected chi connectivity index (χ3v) is 3.49. The number of hydrogen-bond donors (Lipinski definition) is 0. The van der Waals surface area contributed by atoms with Gasteiger partial charge in [-0.3, -0.25) is 9.59 Å². The van der Waals surface area contributed by atoms with Gasteiger partial charge in [-0.25, -0.2) is 0 Å². The van der Waals surface area contributed by atoms with Crippen LogP contribution < -0.4 is 0 Å². The first-order valence-corrected chi connectivity index (χ1v) is 7.34. The molecule has 110 valence electrons. The number of carbonyl (C=O) groups excluding carboxylic acids is 2. The Kier molecular flexibility index (Phi) is 6.21. The second-order valence-corrected chi connectivity index (χ2v) is 5.48. The molecule has 1 rings (SSSR count). The van der Waals surface area contributed by atoms with E-state index in [9.17, 15) is 9.59 Å². The normalized spacial score (nSPS) is 11.2. The molecular weight excluding hydrogens is 276 g/mol. The van der Waals surface area contributed by atoms with E-state index < -0.39 is 5.41 Å². The molecule has 1 aromatic rings. The molecule has 0 saturated heterocycles. The summed E-state index contributed by atoms with van der Waals surface area (Å²) < 4.78 is 5.11. The number of hydrogen-bond acceptors (Lipinski definition) is 3. The molecule has 3 nitrogen and oxygen atoms in total. The van der Waals surface area contributed by atoms with Crippen molar-refractivity contribution in [3.63, 3.8) is 0 Å². The van der Waals surface area contributed by atoms with Crippen LogP contribution in [0, 0.1) is 0 Å². The maximum absolute atomic E-state index is 12.2. The van der Waals surface area contributed by atoms with Gasteiger partial charge in [0, 0.05) is 17.9 Å². The fourth-order valence-corrected chi connectivity index (χ4v) is 2.19. The highest BCUT2D eigenvalue weighted by Gasteiger charge is 2.34. The van der Waals surface area contributed by atoms with Crippen LogP contribution in [0.3, 0.4) is 0 Å². The van der Waals surface area contributed by atoms with Crippen LogP contribution in [-0.4, -0.2) is 24.2 Å². The van der Waals surface area contributed by atoms with Crippen molar-refractivity contribution < 1.29 is 14.3 Å². The predicted octanol–water partition coefficient (Wildman–Crippen LogP) is 3.73. The number of rotatable bonds is 7. The average Bonchev–Trinajstić information content (AvgIpc) is 2.45. The predicted molar refractivity (Wildman–Crippen MR) is 80.4 cm³/mol. The Balaban J connectivity index is 3.12. The van der Waals surface area contributed by atoms with E-state index >= 15 is 0 Å². The molecule has 20 heavy (non-hydrogen) atoms. The quantitative estimate of drug-likeness (QED) is 0.437. The van der Waals surface area contributed by atoms with Gasteiger partial charge in [0.25, 0.3) is 0 Å². The minimum Gasteiger partial charge on any atom is -0.465 e. The summed E-state index contributed by atoms with van der Waals surface area (Å²) in [4.78, 5) is 24.3. The molecule has 0 spiro atoms. The molecule has 1 aromatic carbocycles. The summed E-state index contributed by atoms with van der Waals surface area (Å²) in [5.41, 5.74) is 0.442. The summed E-state index contributed by atoms with van der Waals surface area (Å²) in [7, 11) is 0. The second kappa shape index (κ2) is 7.44. The fraction of sp³-hybridized carbons (Fsp3) is 0.500. The van der Waals surface area contributed by atoms with Gasteiger partial charge < -0.3 is 4.74 Å². The van der Waals surface area contributed by atoms with Gasteiger partial charge in [-0.05, 0) is 32.8 Å². The van der Waals surface area contributed by atoms with Gasteiger partial charge >= 0.3 is 5.97 Å². The first-order valence-electron chi connectivity index (χ1n) is 6.81. The maximum atomic E-state index is 12.2. The minimum absolute atomic E-state index is 0.0126. The summed E-state index contributed by atoms with van der Waals surface area (Å²) >= 11 is 5.63. The van der Waals surface area contributed by atoms with Gasteiger partial charge in [0.05, 0.1) is 12.0 Å². The zero-order valence-electron chi connectivity index (χ0n) is 12.2. The monoisotopic (exact) mass is 296 g/mol. The first-order chi connectivity index (χ1) is 9.45. The highest BCUT2D eigenvalue weighted by molar-refractivity contribution is 6.18. The molecule has 0 fully saturated rings. The van der Waals surface area contributed by atoms with Gasteiger partial charge in [0.1, 0.15) is 0 Å². The van der Waals surface area contributed by atoms with Crippen molar-refractivity contribution in [1.29, 1.82) is 0 Å². The highest BCUT2D eigenvalue weighted by Crippen LogP contribution is 2.29. The van der Waals surface area contributed by atoms with Crippen LogP contribution >= 0.6 is 11.6 Å². The molecule has 0 bridgehead atoms. The molecule has 0 unspecified atom stereocenters. The van der Waals surface area contributed by atoms with E-state index in [4.69, 9.17) is 16.3 Å². The Morgan fingerprint density at radius 2 is 1.90 bits per heavy atom. The van der Waals surface area contributed by atoms with Crippen LogP contribution in [0.15, 0.2) is 24.3 Å². The molecule has 0 aliphatic rings. The standard InChI is InChI=1S/C16H21ClO3/c1-4-20-15(19)16(2,3)13-9-6-5-8-12(13)14(18)10-7-11-17/h5-6,8-9H,4,7,10-11H2,1-3H3. The van der Waals surface area contributed by atoms with Crippen LogP contribution in [0.2, 0.25) is 0 Å². The Morgan fingerprint density at radius 1 is 1.25 bits per heavy atom. The highest BCUT2D eigenvalue weighted by atomic mass is 35.5. The van der Waals surface area contributed by atoms with E-state index in [1.165, 1.54) is 0 Å². The molecule has 0 heterocycles. The van der Waals surface area contributed by atoms with E-state index in [1.54, 1.807) is 32.9 Å².